The lowest BCUT2D eigenvalue weighted by Crippen LogP contribution is -2.40. The molecule has 3 aliphatic rings. The largest absolute Gasteiger partial charge is 0.375 e. The molecule has 0 atom stereocenters. The van der Waals surface area contributed by atoms with E-state index in [9.17, 15) is 23.2 Å². The molecule has 1 spiro atoms. The zero-order chi connectivity index (χ0) is 25.9. The Morgan fingerprint density at radius 2 is 1.86 bits per heavy atom. The molecule has 3 amide bonds. The molecule has 0 bridgehead atoms. The standard InChI is InChI=1S/C27H22F2N4O4/c1-37-13-23(34)31-21-12-20-16(10-18(21)29)17(26(35)32-20)11-22-24(14-2-4-15(28)5-3-14)25-19(30-22)6-7-33(8-9-33)27(25)36/h2-5,10-12H,6-9,13H2,1H3,(H2-,30,31,32,34,35,36)/p+1. The van der Waals surface area contributed by atoms with E-state index < -0.39 is 23.4 Å². The van der Waals surface area contributed by atoms with Crippen molar-refractivity contribution in [2.75, 3.05) is 44.0 Å². The zero-order valence-electron chi connectivity index (χ0n) is 19.9. The van der Waals surface area contributed by atoms with Crippen LogP contribution < -0.4 is 10.6 Å². The summed E-state index contributed by atoms with van der Waals surface area (Å²) >= 11 is 0. The van der Waals surface area contributed by atoms with E-state index >= 15 is 0 Å². The Bertz CT molecular complexity index is 1520. The minimum atomic E-state index is -0.710. The number of nitrogens with one attached hydrogen (secondary N) is 3. The van der Waals surface area contributed by atoms with Crippen molar-refractivity contribution >= 4 is 40.7 Å². The van der Waals surface area contributed by atoms with Gasteiger partial charge in [0.05, 0.1) is 23.5 Å². The maximum atomic E-state index is 14.9. The molecule has 3 aliphatic heterocycles. The van der Waals surface area contributed by atoms with Crippen LogP contribution in [0.25, 0.3) is 22.8 Å². The quantitative estimate of drug-likeness (QED) is 0.281. The highest BCUT2D eigenvalue weighted by atomic mass is 19.1. The van der Waals surface area contributed by atoms with Crippen LogP contribution in [0.4, 0.5) is 20.2 Å². The molecule has 0 radical (unpaired) electrons. The van der Waals surface area contributed by atoms with E-state index in [0.717, 1.165) is 18.8 Å². The minimum Gasteiger partial charge on any atom is -0.375 e. The molecule has 8 nitrogen and oxygen atoms in total. The average Bonchev–Trinajstić information content (AvgIpc) is 3.47. The van der Waals surface area contributed by atoms with Crippen LogP contribution in [0.3, 0.4) is 0 Å². The first-order chi connectivity index (χ1) is 17.8. The van der Waals surface area contributed by atoms with E-state index in [2.05, 4.69) is 15.6 Å². The molecule has 0 saturated carbocycles. The van der Waals surface area contributed by atoms with E-state index in [0.29, 0.717) is 51.1 Å². The third-order valence-corrected chi connectivity index (χ3v) is 7.17. The number of H-pyrrole nitrogens is 1. The third-order valence-electron chi connectivity index (χ3n) is 7.17. The molecule has 37 heavy (non-hydrogen) atoms. The number of rotatable bonds is 5. The van der Waals surface area contributed by atoms with Gasteiger partial charge in [0.15, 0.2) is 0 Å². The summed E-state index contributed by atoms with van der Waals surface area (Å²) in [6.07, 6.45) is 2.26. The van der Waals surface area contributed by atoms with Gasteiger partial charge >= 0.3 is 5.91 Å². The number of aromatic nitrogens is 1. The minimum absolute atomic E-state index is 0.0141. The van der Waals surface area contributed by atoms with Crippen molar-refractivity contribution in [2.45, 2.75) is 6.42 Å². The van der Waals surface area contributed by atoms with Gasteiger partial charge in [-0.1, -0.05) is 12.1 Å². The summed E-state index contributed by atoms with van der Waals surface area (Å²) in [6, 6.07) is 8.40. The van der Waals surface area contributed by atoms with E-state index in [4.69, 9.17) is 4.74 Å². The lowest BCUT2D eigenvalue weighted by molar-refractivity contribution is -0.712. The Morgan fingerprint density at radius 3 is 2.57 bits per heavy atom. The molecule has 1 fully saturated rings. The van der Waals surface area contributed by atoms with Gasteiger partial charge in [-0.05, 0) is 35.9 Å². The van der Waals surface area contributed by atoms with E-state index in [1.807, 2.05) is 0 Å². The Balaban J connectivity index is 1.46. The zero-order valence-corrected chi connectivity index (χ0v) is 19.9. The van der Waals surface area contributed by atoms with Crippen LogP contribution in [-0.2, 0) is 20.7 Å². The van der Waals surface area contributed by atoms with Crippen molar-refractivity contribution < 1.29 is 32.4 Å². The number of carbonyl (C=O) groups excluding carboxylic acids is 3. The second-order valence-corrected chi connectivity index (χ2v) is 9.52. The Morgan fingerprint density at radius 1 is 1.11 bits per heavy atom. The van der Waals surface area contributed by atoms with Gasteiger partial charge in [0.1, 0.15) is 36.9 Å². The van der Waals surface area contributed by atoms with Gasteiger partial charge in [0.2, 0.25) is 5.91 Å². The normalized spacial score (nSPS) is 18.1. The number of methoxy groups -OCH3 is 1. The SMILES string of the molecule is COCC(=O)Nc1cc2c(cc1F)/C(=C/c1[nH]c3c(c1-c1ccc(F)cc1)C(=O)[N+]1(CC3)CC1)C(=O)N2. The molecule has 2 aromatic carbocycles. The van der Waals surface area contributed by atoms with Crippen LogP contribution in [-0.4, -0.2) is 60.5 Å². The van der Waals surface area contributed by atoms with E-state index in [1.54, 1.807) is 18.2 Å². The van der Waals surface area contributed by atoms with Crippen molar-refractivity contribution in [3.8, 4) is 11.1 Å². The fourth-order valence-corrected chi connectivity index (χ4v) is 5.15. The summed E-state index contributed by atoms with van der Waals surface area (Å²) in [4.78, 5) is 41.6. The van der Waals surface area contributed by atoms with Crippen molar-refractivity contribution in [1.29, 1.82) is 0 Å². The maximum absolute atomic E-state index is 14.9. The number of quaternary nitrogens is 1. The summed E-state index contributed by atoms with van der Waals surface area (Å²) < 4.78 is 33.8. The molecule has 1 saturated heterocycles. The van der Waals surface area contributed by atoms with Crippen LogP contribution in [0.5, 0.6) is 0 Å². The number of fused-ring (bicyclic) bond motifs is 2. The molecule has 3 N–H and O–H groups in total. The number of amides is 3. The number of halogens is 2. The molecule has 0 aliphatic carbocycles. The van der Waals surface area contributed by atoms with Gasteiger partial charge in [0.25, 0.3) is 5.91 Å². The van der Waals surface area contributed by atoms with Crippen molar-refractivity contribution in [1.82, 2.24) is 4.98 Å². The summed E-state index contributed by atoms with van der Waals surface area (Å²) in [5, 5.41) is 5.13. The van der Waals surface area contributed by atoms with Crippen molar-refractivity contribution in [2.24, 2.45) is 0 Å². The summed E-state index contributed by atoms with van der Waals surface area (Å²) in [6.45, 7) is 2.05. The number of anilines is 2. The number of ether oxygens (including phenoxy) is 1. The van der Waals surface area contributed by atoms with Crippen LogP contribution in [0.2, 0.25) is 0 Å². The molecular weight excluding hydrogens is 482 g/mol. The molecular formula is C27H23F2N4O4+. The second kappa shape index (κ2) is 8.46. The summed E-state index contributed by atoms with van der Waals surface area (Å²) in [5.74, 6) is -2.08. The predicted molar refractivity (Wildman–Crippen MR) is 132 cm³/mol. The first kappa shape index (κ1) is 23.3. The summed E-state index contributed by atoms with van der Waals surface area (Å²) in [5.41, 5.74) is 3.87. The predicted octanol–water partition coefficient (Wildman–Crippen LogP) is 3.56. The van der Waals surface area contributed by atoms with Crippen molar-refractivity contribution in [3.63, 3.8) is 0 Å². The highest BCUT2D eigenvalue weighted by molar-refractivity contribution is 6.35. The summed E-state index contributed by atoms with van der Waals surface area (Å²) in [7, 11) is 1.35. The first-order valence-electron chi connectivity index (χ1n) is 11.9. The fourth-order valence-electron chi connectivity index (χ4n) is 5.15. The Kier molecular flexibility index (Phi) is 5.32. The number of nitrogens with zero attached hydrogens (tertiary/aromatic N) is 1. The number of aromatic amines is 1. The Hall–Kier alpha value is -4.15. The maximum Gasteiger partial charge on any atom is 0.348 e. The van der Waals surface area contributed by atoms with E-state index in [1.165, 1.54) is 31.4 Å². The fraction of sp³-hybridized carbons (Fsp3) is 0.222. The first-order valence-corrected chi connectivity index (χ1v) is 11.9. The number of benzene rings is 2. The molecule has 4 heterocycles. The monoisotopic (exact) mass is 505 g/mol. The molecule has 10 heteroatoms. The lowest BCUT2D eigenvalue weighted by Gasteiger charge is -2.21. The lowest BCUT2D eigenvalue weighted by atomic mass is 9.95. The third kappa shape index (κ3) is 3.85. The van der Waals surface area contributed by atoms with Gasteiger partial charge in [-0.15, -0.1) is 0 Å². The Labute approximate surface area is 210 Å². The van der Waals surface area contributed by atoms with Crippen LogP contribution in [0.1, 0.15) is 27.3 Å². The molecule has 188 valence electrons. The average molecular weight is 506 g/mol. The second-order valence-electron chi connectivity index (χ2n) is 9.52. The van der Waals surface area contributed by atoms with Gasteiger partial charge < -0.3 is 20.4 Å². The van der Waals surface area contributed by atoms with Crippen LogP contribution >= 0.6 is 0 Å². The van der Waals surface area contributed by atoms with Gasteiger partial charge in [0, 0.05) is 36.0 Å². The molecule has 1 aromatic heterocycles. The number of hydrogen-bond donors (Lipinski definition) is 3. The number of carbonyl (C=O) groups is 3. The topological polar surface area (TPSA) is 100 Å². The van der Waals surface area contributed by atoms with E-state index in [-0.39, 0.29) is 23.8 Å². The van der Waals surface area contributed by atoms with Gasteiger partial charge in [-0.3, -0.25) is 9.59 Å². The van der Waals surface area contributed by atoms with Crippen molar-refractivity contribution in [3.05, 3.63) is 70.5 Å². The van der Waals surface area contributed by atoms with Gasteiger partial charge in [-0.2, -0.15) is 0 Å². The van der Waals surface area contributed by atoms with Gasteiger partial charge in [-0.25, -0.2) is 18.1 Å². The number of hydrogen-bond acceptors (Lipinski definition) is 4. The molecule has 0 unspecified atom stereocenters. The highest BCUT2D eigenvalue weighted by Crippen LogP contribution is 2.42. The van der Waals surface area contributed by atoms with Crippen LogP contribution in [0.15, 0.2) is 36.4 Å². The molecule has 6 rings (SSSR count). The smallest absolute Gasteiger partial charge is 0.348 e. The highest BCUT2D eigenvalue weighted by Gasteiger charge is 2.54. The van der Waals surface area contributed by atoms with Crippen LogP contribution in [0, 0.1) is 11.6 Å². The molecule has 3 aromatic rings.